The van der Waals surface area contributed by atoms with Gasteiger partial charge in [-0.05, 0) is 31.7 Å². The van der Waals surface area contributed by atoms with E-state index in [4.69, 9.17) is 4.74 Å². The smallest absolute Gasteiger partial charge is 0.250 e. The van der Waals surface area contributed by atoms with Gasteiger partial charge < -0.3 is 10.1 Å². The molecule has 2 aliphatic heterocycles. The summed E-state index contributed by atoms with van der Waals surface area (Å²) in [4.78, 5) is 2.17. The normalized spacial score (nSPS) is 25.8. The molecule has 0 radical (unpaired) electrons. The van der Waals surface area contributed by atoms with E-state index in [1.54, 1.807) is 13.2 Å². The second-order valence-corrected chi connectivity index (χ2v) is 9.19. The highest BCUT2D eigenvalue weighted by Gasteiger charge is 2.38. The van der Waals surface area contributed by atoms with Crippen LogP contribution in [0.3, 0.4) is 0 Å². The van der Waals surface area contributed by atoms with Crippen LogP contribution in [0.15, 0.2) is 24.4 Å². The molecule has 0 bridgehead atoms. The van der Waals surface area contributed by atoms with Gasteiger partial charge in [-0.3, -0.25) is 4.90 Å². The quantitative estimate of drug-likeness (QED) is 0.818. The average Bonchev–Trinajstić information content (AvgIpc) is 3.22. The molecule has 10 heteroatoms. The van der Waals surface area contributed by atoms with E-state index in [2.05, 4.69) is 15.3 Å². The minimum absolute atomic E-state index is 0.0613. The first-order chi connectivity index (χ1) is 13.3. The fourth-order valence-electron chi connectivity index (χ4n) is 3.96. The monoisotopic (exact) mass is 412 g/mol. The van der Waals surface area contributed by atoms with Crippen LogP contribution in [0.2, 0.25) is 0 Å². The molecule has 7 nitrogen and oxygen atoms in total. The third-order valence-electron chi connectivity index (χ3n) is 5.43. The summed E-state index contributed by atoms with van der Waals surface area (Å²) in [7, 11) is -1.62. The van der Waals surface area contributed by atoms with Gasteiger partial charge in [-0.25, -0.2) is 17.2 Å². The van der Waals surface area contributed by atoms with Crippen LogP contribution in [-0.2, 0) is 27.8 Å². The van der Waals surface area contributed by atoms with Gasteiger partial charge in [-0.15, -0.1) is 0 Å². The number of hydrogen-bond donors (Lipinski definition) is 1. The number of rotatable bonds is 4. The number of fused-ring (bicyclic) bond motifs is 1. The largest absolute Gasteiger partial charge is 0.370 e. The minimum Gasteiger partial charge on any atom is -0.370 e. The molecule has 0 amide bonds. The summed E-state index contributed by atoms with van der Waals surface area (Å²) in [5.74, 6) is -0.981. The Morgan fingerprint density at radius 2 is 2.07 bits per heavy atom. The first kappa shape index (κ1) is 19.4. The Labute approximate surface area is 162 Å². The van der Waals surface area contributed by atoms with E-state index in [1.807, 2.05) is 0 Å². The Morgan fingerprint density at radius 1 is 1.29 bits per heavy atom. The Kier molecular flexibility index (Phi) is 4.98. The molecule has 28 heavy (non-hydrogen) atoms. The number of benzene rings is 1. The number of likely N-dealkylation sites (N-methyl/N-ethyl adjacent to an activating group) is 1. The highest BCUT2D eigenvalue weighted by Crippen LogP contribution is 2.34. The van der Waals surface area contributed by atoms with Crippen LogP contribution in [0, 0.1) is 11.6 Å². The van der Waals surface area contributed by atoms with Crippen LogP contribution in [0.5, 0.6) is 0 Å². The molecule has 2 aliphatic rings. The second-order valence-electron chi connectivity index (χ2n) is 7.35. The third-order valence-corrected chi connectivity index (χ3v) is 6.30. The Hall–Kier alpha value is -1.88. The van der Waals surface area contributed by atoms with Gasteiger partial charge in [-0.1, -0.05) is 0 Å². The molecule has 1 N–H and O–H groups in total. The predicted molar refractivity (Wildman–Crippen MR) is 98.0 cm³/mol. The van der Waals surface area contributed by atoms with E-state index in [-0.39, 0.29) is 17.6 Å². The molecule has 2 aromatic rings. The number of ether oxygens (including phenoxy) is 1. The summed E-state index contributed by atoms with van der Waals surface area (Å²) >= 11 is 0. The van der Waals surface area contributed by atoms with Gasteiger partial charge in [0.25, 0.3) is 10.0 Å². The molecule has 1 saturated heterocycles. The van der Waals surface area contributed by atoms with Crippen molar-refractivity contribution in [2.45, 2.75) is 37.7 Å². The van der Waals surface area contributed by atoms with E-state index in [9.17, 15) is 17.2 Å². The van der Waals surface area contributed by atoms with Crippen molar-refractivity contribution >= 4 is 10.0 Å². The molecule has 0 saturated carbocycles. The zero-order valence-electron chi connectivity index (χ0n) is 15.6. The Balaban J connectivity index is 1.47. The van der Waals surface area contributed by atoms with Crippen molar-refractivity contribution in [2.24, 2.45) is 0 Å². The summed E-state index contributed by atoms with van der Waals surface area (Å²) in [5.41, 5.74) is 1.83. The molecular weight excluding hydrogens is 390 g/mol. The van der Waals surface area contributed by atoms with Crippen molar-refractivity contribution in [3.05, 3.63) is 52.9 Å². The van der Waals surface area contributed by atoms with Crippen LogP contribution in [0.1, 0.15) is 29.3 Å². The molecule has 3 heterocycles. The van der Waals surface area contributed by atoms with E-state index >= 15 is 0 Å². The molecule has 1 aromatic heterocycles. The van der Waals surface area contributed by atoms with E-state index < -0.39 is 27.8 Å². The second kappa shape index (κ2) is 7.18. The number of hydrogen-bond acceptors (Lipinski definition) is 6. The SMILES string of the molecule is CN[C@H]1C[C@@H](N2Cc3cn(S(C)(=O)=O)nc3C2)COC1c1cc(F)ccc1F. The lowest BCUT2D eigenvalue weighted by Gasteiger charge is -2.40. The zero-order valence-corrected chi connectivity index (χ0v) is 16.4. The Bertz CT molecular complexity index is 971. The average molecular weight is 412 g/mol. The topological polar surface area (TPSA) is 76.5 Å². The van der Waals surface area contributed by atoms with Crippen LogP contribution in [0.4, 0.5) is 8.78 Å². The van der Waals surface area contributed by atoms with Gasteiger partial charge in [0.1, 0.15) is 17.7 Å². The molecule has 1 fully saturated rings. The van der Waals surface area contributed by atoms with Gasteiger partial charge in [0, 0.05) is 42.5 Å². The van der Waals surface area contributed by atoms with Crippen molar-refractivity contribution in [1.82, 2.24) is 19.4 Å². The summed E-state index contributed by atoms with van der Waals surface area (Å²) in [5, 5.41) is 7.33. The van der Waals surface area contributed by atoms with Crippen molar-refractivity contribution < 1.29 is 21.9 Å². The van der Waals surface area contributed by atoms with Gasteiger partial charge in [0.15, 0.2) is 0 Å². The van der Waals surface area contributed by atoms with Gasteiger partial charge >= 0.3 is 0 Å². The third kappa shape index (κ3) is 3.57. The Morgan fingerprint density at radius 3 is 2.75 bits per heavy atom. The van der Waals surface area contributed by atoms with Crippen molar-refractivity contribution in [2.75, 3.05) is 19.9 Å². The molecule has 1 aromatic carbocycles. The number of nitrogens with one attached hydrogen (secondary N) is 1. The van der Waals surface area contributed by atoms with Gasteiger partial charge in [0.05, 0.1) is 18.6 Å². The lowest BCUT2D eigenvalue weighted by atomic mass is 9.92. The molecule has 152 valence electrons. The molecular formula is C18H22F2N4O3S. The summed E-state index contributed by atoms with van der Waals surface area (Å²) in [6, 6.07) is 3.28. The maximum absolute atomic E-state index is 14.2. The highest BCUT2D eigenvalue weighted by molar-refractivity contribution is 7.89. The molecule has 0 aliphatic carbocycles. The lowest BCUT2D eigenvalue weighted by Crippen LogP contribution is -2.49. The first-order valence-corrected chi connectivity index (χ1v) is 10.9. The highest BCUT2D eigenvalue weighted by atomic mass is 32.2. The lowest BCUT2D eigenvalue weighted by molar-refractivity contribution is -0.0602. The van der Waals surface area contributed by atoms with E-state index in [0.29, 0.717) is 26.1 Å². The van der Waals surface area contributed by atoms with Crippen molar-refractivity contribution in [3.63, 3.8) is 0 Å². The molecule has 0 spiro atoms. The number of aromatic nitrogens is 2. The van der Waals surface area contributed by atoms with Crippen LogP contribution in [-0.4, -0.2) is 54.5 Å². The van der Waals surface area contributed by atoms with Crippen LogP contribution >= 0.6 is 0 Å². The van der Waals surface area contributed by atoms with E-state index in [0.717, 1.165) is 33.7 Å². The van der Waals surface area contributed by atoms with Crippen molar-refractivity contribution in [1.29, 1.82) is 0 Å². The fraction of sp³-hybridized carbons (Fsp3) is 0.500. The van der Waals surface area contributed by atoms with Gasteiger partial charge in [-0.2, -0.15) is 9.19 Å². The molecule has 1 unspecified atom stereocenters. The van der Waals surface area contributed by atoms with Gasteiger partial charge in [0.2, 0.25) is 0 Å². The maximum Gasteiger partial charge on any atom is 0.250 e. The standard InChI is InChI=1S/C18H22F2N4O3S/c1-21-16-6-13(10-27-18(16)14-5-12(19)3-4-15(14)20)23-7-11-8-24(28(2,25)26)22-17(11)9-23/h3-5,8,13,16,18,21H,6-7,9-10H2,1-2H3/t13-,16+,18?/m1/s1. The first-order valence-electron chi connectivity index (χ1n) is 9.02. The number of nitrogens with zero attached hydrogens (tertiary/aromatic N) is 3. The predicted octanol–water partition coefficient (Wildman–Crippen LogP) is 1.40. The van der Waals surface area contributed by atoms with Crippen LogP contribution in [0.25, 0.3) is 0 Å². The molecule has 3 atom stereocenters. The minimum atomic E-state index is -3.40. The number of halogens is 2. The summed E-state index contributed by atoms with van der Waals surface area (Å²) in [6.07, 6.45) is 2.78. The van der Waals surface area contributed by atoms with E-state index in [1.165, 1.54) is 6.07 Å². The van der Waals surface area contributed by atoms with Crippen molar-refractivity contribution in [3.8, 4) is 0 Å². The molecule has 4 rings (SSSR count). The summed E-state index contributed by atoms with van der Waals surface area (Å²) in [6.45, 7) is 1.48. The zero-order chi connectivity index (χ0) is 20.1. The summed E-state index contributed by atoms with van der Waals surface area (Å²) < 4.78 is 58.0. The van der Waals surface area contributed by atoms with Crippen LogP contribution < -0.4 is 5.32 Å². The maximum atomic E-state index is 14.2. The fourth-order valence-corrected chi connectivity index (χ4v) is 4.52.